The van der Waals surface area contributed by atoms with Gasteiger partial charge < -0.3 is 14.4 Å². The molecule has 4 nitrogen and oxygen atoms in total. The largest absolute Gasteiger partial charge is 0.475 e. The minimum Gasteiger partial charge on any atom is -0.475 e. The lowest BCUT2D eigenvalue weighted by Gasteiger charge is -2.23. The smallest absolute Gasteiger partial charge is 0.371 e. The average Bonchev–Trinajstić information content (AvgIpc) is 2.65. The number of nitrogens with zero attached hydrogens (tertiary/aromatic N) is 1. The highest BCUT2D eigenvalue weighted by atomic mass is 16.4. The van der Waals surface area contributed by atoms with Crippen molar-refractivity contribution in [3.8, 4) is 0 Å². The van der Waals surface area contributed by atoms with E-state index >= 15 is 0 Å². The highest BCUT2D eigenvalue weighted by molar-refractivity contribution is 5.84. The Hall–Kier alpha value is -1.45. The van der Waals surface area contributed by atoms with Gasteiger partial charge in [-0.15, -0.1) is 0 Å². The lowest BCUT2D eigenvalue weighted by molar-refractivity contribution is 0.0663. The molecule has 15 heavy (non-hydrogen) atoms. The van der Waals surface area contributed by atoms with E-state index in [0.29, 0.717) is 11.9 Å². The van der Waals surface area contributed by atoms with E-state index in [2.05, 4.69) is 13.8 Å². The highest BCUT2D eigenvalue weighted by Crippen LogP contribution is 2.20. The summed E-state index contributed by atoms with van der Waals surface area (Å²) in [4.78, 5) is 12.6. The summed E-state index contributed by atoms with van der Waals surface area (Å²) in [5, 5.41) is 8.71. The normalized spacial score (nSPS) is 12.5. The summed E-state index contributed by atoms with van der Waals surface area (Å²) in [5.41, 5.74) is 0. The molecule has 1 atom stereocenters. The molecule has 0 aromatic carbocycles. The van der Waals surface area contributed by atoms with E-state index in [9.17, 15) is 4.79 Å². The number of anilines is 1. The van der Waals surface area contributed by atoms with Crippen LogP contribution in [0.2, 0.25) is 0 Å². The van der Waals surface area contributed by atoms with Crippen LogP contribution in [0.15, 0.2) is 16.5 Å². The number of hydrogen-bond donors (Lipinski definition) is 1. The first-order valence-corrected chi connectivity index (χ1v) is 5.12. The Kier molecular flexibility index (Phi) is 3.77. The van der Waals surface area contributed by atoms with E-state index in [4.69, 9.17) is 9.52 Å². The van der Waals surface area contributed by atoms with E-state index in [1.807, 2.05) is 11.9 Å². The second kappa shape index (κ2) is 4.87. The van der Waals surface area contributed by atoms with Crippen LogP contribution in [0.1, 0.15) is 37.2 Å². The molecule has 0 aliphatic rings. The Balaban J connectivity index is 2.73. The van der Waals surface area contributed by atoms with Crippen LogP contribution in [0.25, 0.3) is 0 Å². The molecule has 0 aliphatic heterocycles. The average molecular weight is 211 g/mol. The van der Waals surface area contributed by atoms with Gasteiger partial charge in [-0.05, 0) is 19.4 Å². The van der Waals surface area contributed by atoms with Crippen molar-refractivity contribution in [2.24, 2.45) is 0 Å². The summed E-state index contributed by atoms with van der Waals surface area (Å²) >= 11 is 0. The molecule has 0 saturated carbocycles. The summed E-state index contributed by atoms with van der Waals surface area (Å²) in [7, 11) is 1.91. The van der Waals surface area contributed by atoms with Crippen molar-refractivity contribution in [2.75, 3.05) is 11.9 Å². The Morgan fingerprint density at radius 3 is 2.73 bits per heavy atom. The molecular weight excluding hydrogens is 194 g/mol. The molecule has 0 aliphatic carbocycles. The van der Waals surface area contributed by atoms with Crippen LogP contribution in [-0.4, -0.2) is 24.2 Å². The number of carbonyl (C=O) groups is 1. The second-order valence-electron chi connectivity index (χ2n) is 3.69. The van der Waals surface area contributed by atoms with Gasteiger partial charge in [0.2, 0.25) is 5.76 Å². The summed E-state index contributed by atoms with van der Waals surface area (Å²) in [6.45, 7) is 4.21. The fourth-order valence-electron chi connectivity index (χ4n) is 1.46. The van der Waals surface area contributed by atoms with Gasteiger partial charge in [-0.1, -0.05) is 13.3 Å². The summed E-state index contributed by atoms with van der Waals surface area (Å²) < 4.78 is 5.20. The monoisotopic (exact) mass is 211 g/mol. The molecule has 1 aromatic heterocycles. The van der Waals surface area contributed by atoms with E-state index in [-0.39, 0.29) is 5.76 Å². The van der Waals surface area contributed by atoms with Gasteiger partial charge in [-0.2, -0.15) is 0 Å². The Morgan fingerprint density at radius 1 is 1.60 bits per heavy atom. The van der Waals surface area contributed by atoms with E-state index < -0.39 is 5.97 Å². The maximum Gasteiger partial charge on any atom is 0.371 e. The van der Waals surface area contributed by atoms with E-state index in [0.717, 1.165) is 12.8 Å². The fraction of sp³-hybridized carbons (Fsp3) is 0.545. The number of aromatic carboxylic acids is 1. The van der Waals surface area contributed by atoms with Gasteiger partial charge in [-0.3, -0.25) is 0 Å². The standard InChI is InChI=1S/C11H17NO3/c1-4-5-8(2)12(3)10-7-6-9(15-10)11(13)14/h6-8H,4-5H2,1-3H3,(H,13,14). The highest BCUT2D eigenvalue weighted by Gasteiger charge is 2.15. The molecule has 84 valence electrons. The number of hydrogen-bond acceptors (Lipinski definition) is 3. The molecule has 1 heterocycles. The van der Waals surface area contributed by atoms with Crippen molar-refractivity contribution in [1.29, 1.82) is 0 Å². The van der Waals surface area contributed by atoms with E-state index in [1.165, 1.54) is 6.07 Å². The third kappa shape index (κ3) is 2.75. The van der Waals surface area contributed by atoms with Crippen LogP contribution in [0.3, 0.4) is 0 Å². The van der Waals surface area contributed by atoms with Crippen molar-refractivity contribution < 1.29 is 14.3 Å². The molecule has 0 saturated heterocycles. The zero-order valence-electron chi connectivity index (χ0n) is 9.36. The van der Waals surface area contributed by atoms with Gasteiger partial charge in [0, 0.05) is 19.2 Å². The molecule has 1 unspecified atom stereocenters. The predicted octanol–water partition coefficient (Wildman–Crippen LogP) is 2.60. The lowest BCUT2D eigenvalue weighted by atomic mass is 10.2. The van der Waals surface area contributed by atoms with Crippen LogP contribution in [0.5, 0.6) is 0 Å². The Labute approximate surface area is 89.5 Å². The van der Waals surface area contributed by atoms with Gasteiger partial charge in [0.1, 0.15) is 0 Å². The van der Waals surface area contributed by atoms with Crippen molar-refractivity contribution >= 4 is 11.9 Å². The van der Waals surface area contributed by atoms with Crippen molar-refractivity contribution in [1.82, 2.24) is 0 Å². The molecule has 4 heteroatoms. The first-order chi connectivity index (χ1) is 7.06. The third-order valence-corrected chi connectivity index (χ3v) is 2.52. The Bertz CT molecular complexity index is 332. The SMILES string of the molecule is CCCC(C)N(C)c1ccc(C(=O)O)o1. The van der Waals surface area contributed by atoms with Gasteiger partial charge in [0.25, 0.3) is 0 Å². The molecule has 0 bridgehead atoms. The van der Waals surface area contributed by atoms with Crippen LogP contribution in [0, 0.1) is 0 Å². The second-order valence-corrected chi connectivity index (χ2v) is 3.69. The van der Waals surface area contributed by atoms with Crippen LogP contribution < -0.4 is 4.90 Å². The maximum atomic E-state index is 10.6. The first-order valence-electron chi connectivity index (χ1n) is 5.12. The fourth-order valence-corrected chi connectivity index (χ4v) is 1.46. The summed E-state index contributed by atoms with van der Waals surface area (Å²) in [6, 6.07) is 3.52. The molecule has 0 radical (unpaired) electrons. The number of carboxylic acid groups (broad SMARTS) is 1. The van der Waals surface area contributed by atoms with Crippen LogP contribution >= 0.6 is 0 Å². The minimum absolute atomic E-state index is 0.0134. The molecule has 0 spiro atoms. The quantitative estimate of drug-likeness (QED) is 0.813. The van der Waals surface area contributed by atoms with Gasteiger partial charge >= 0.3 is 5.97 Å². The number of rotatable bonds is 5. The summed E-state index contributed by atoms with van der Waals surface area (Å²) in [5.74, 6) is -0.438. The van der Waals surface area contributed by atoms with E-state index in [1.54, 1.807) is 6.07 Å². The van der Waals surface area contributed by atoms with Crippen molar-refractivity contribution in [3.63, 3.8) is 0 Å². The number of carboxylic acids is 1. The molecule has 0 fully saturated rings. The Morgan fingerprint density at radius 2 is 2.27 bits per heavy atom. The van der Waals surface area contributed by atoms with Gasteiger partial charge in [0.15, 0.2) is 5.88 Å². The van der Waals surface area contributed by atoms with Gasteiger partial charge in [0.05, 0.1) is 0 Å². The molecule has 1 rings (SSSR count). The number of furan rings is 1. The molecule has 0 amide bonds. The molecule has 1 aromatic rings. The van der Waals surface area contributed by atoms with Crippen LogP contribution in [0.4, 0.5) is 5.88 Å². The summed E-state index contributed by atoms with van der Waals surface area (Å²) in [6.07, 6.45) is 2.15. The zero-order chi connectivity index (χ0) is 11.4. The lowest BCUT2D eigenvalue weighted by Crippen LogP contribution is -2.28. The molecular formula is C11H17NO3. The minimum atomic E-state index is -1.03. The van der Waals surface area contributed by atoms with Crippen molar-refractivity contribution in [3.05, 3.63) is 17.9 Å². The van der Waals surface area contributed by atoms with Crippen molar-refractivity contribution in [2.45, 2.75) is 32.7 Å². The first kappa shape index (κ1) is 11.6. The topological polar surface area (TPSA) is 53.7 Å². The van der Waals surface area contributed by atoms with Gasteiger partial charge in [-0.25, -0.2) is 4.79 Å². The van der Waals surface area contributed by atoms with Crippen LogP contribution in [-0.2, 0) is 0 Å². The predicted molar refractivity (Wildman–Crippen MR) is 58.4 cm³/mol. The molecule has 1 N–H and O–H groups in total. The zero-order valence-corrected chi connectivity index (χ0v) is 9.36. The maximum absolute atomic E-state index is 10.6. The third-order valence-electron chi connectivity index (χ3n) is 2.52.